The van der Waals surface area contributed by atoms with Crippen molar-refractivity contribution in [3.63, 3.8) is 0 Å². The lowest BCUT2D eigenvalue weighted by molar-refractivity contribution is 0.257. The molecule has 1 fully saturated rings. The van der Waals surface area contributed by atoms with Crippen molar-refractivity contribution in [2.45, 2.75) is 44.1 Å². The Morgan fingerprint density at radius 1 is 1.05 bits per heavy atom. The Morgan fingerprint density at radius 2 is 1.76 bits per heavy atom. The Labute approximate surface area is 121 Å². The molecule has 1 aromatic heterocycles. The highest BCUT2D eigenvalue weighted by atomic mass is 19.2. The Kier molecular flexibility index (Phi) is 3.71. The van der Waals surface area contributed by atoms with E-state index in [0.717, 1.165) is 50.7 Å². The molecule has 2 aromatic rings. The van der Waals surface area contributed by atoms with E-state index in [-0.39, 0.29) is 5.82 Å². The quantitative estimate of drug-likeness (QED) is 0.860. The standard InChI is InChI=1S/C15H17F2N3O/c16-11-6-5-10(9-12(11)17)13-19-14(21-20-13)15(18)7-3-1-2-4-8-15/h5-6,9H,1-4,7-8,18H2. The molecule has 6 heteroatoms. The predicted molar refractivity (Wildman–Crippen MR) is 73.2 cm³/mol. The first kappa shape index (κ1) is 14.1. The summed E-state index contributed by atoms with van der Waals surface area (Å²) in [6.07, 6.45) is 5.96. The first-order valence-corrected chi connectivity index (χ1v) is 7.17. The van der Waals surface area contributed by atoms with E-state index in [2.05, 4.69) is 10.1 Å². The lowest BCUT2D eigenvalue weighted by Gasteiger charge is -2.22. The summed E-state index contributed by atoms with van der Waals surface area (Å²) < 4.78 is 31.5. The lowest BCUT2D eigenvalue weighted by Crippen LogP contribution is -2.36. The molecule has 1 aliphatic carbocycles. The zero-order valence-electron chi connectivity index (χ0n) is 11.6. The van der Waals surface area contributed by atoms with Gasteiger partial charge < -0.3 is 10.3 Å². The summed E-state index contributed by atoms with van der Waals surface area (Å²) in [4.78, 5) is 4.30. The Hall–Kier alpha value is -1.82. The summed E-state index contributed by atoms with van der Waals surface area (Å²) >= 11 is 0. The third-order valence-corrected chi connectivity index (χ3v) is 4.03. The number of rotatable bonds is 2. The van der Waals surface area contributed by atoms with Gasteiger partial charge in [0, 0.05) is 5.56 Å². The molecule has 2 N–H and O–H groups in total. The molecular weight excluding hydrogens is 276 g/mol. The van der Waals surface area contributed by atoms with Crippen LogP contribution in [0.2, 0.25) is 0 Å². The molecule has 0 bridgehead atoms. The summed E-state index contributed by atoms with van der Waals surface area (Å²) in [7, 11) is 0. The van der Waals surface area contributed by atoms with Crippen LogP contribution in [0.25, 0.3) is 11.4 Å². The molecule has 3 rings (SSSR count). The fourth-order valence-electron chi connectivity index (χ4n) is 2.75. The lowest BCUT2D eigenvalue weighted by atomic mass is 9.91. The van der Waals surface area contributed by atoms with Crippen LogP contribution >= 0.6 is 0 Å². The van der Waals surface area contributed by atoms with Crippen LogP contribution in [-0.2, 0) is 5.54 Å². The van der Waals surface area contributed by atoms with Crippen LogP contribution in [0.1, 0.15) is 44.4 Å². The first-order valence-electron chi connectivity index (χ1n) is 7.17. The molecule has 0 saturated heterocycles. The highest BCUT2D eigenvalue weighted by Crippen LogP contribution is 2.33. The predicted octanol–water partition coefficient (Wildman–Crippen LogP) is 3.52. The van der Waals surface area contributed by atoms with Gasteiger partial charge in [0.25, 0.3) is 0 Å². The van der Waals surface area contributed by atoms with Crippen LogP contribution in [0.4, 0.5) is 8.78 Å². The Morgan fingerprint density at radius 3 is 2.43 bits per heavy atom. The Balaban J connectivity index is 1.90. The van der Waals surface area contributed by atoms with Gasteiger partial charge in [0.15, 0.2) is 11.6 Å². The minimum absolute atomic E-state index is 0.234. The van der Waals surface area contributed by atoms with Crippen molar-refractivity contribution in [1.82, 2.24) is 10.1 Å². The molecule has 0 atom stereocenters. The average Bonchev–Trinajstić information content (AvgIpc) is 2.86. The maximum Gasteiger partial charge on any atom is 0.247 e. The maximum atomic E-state index is 13.3. The van der Waals surface area contributed by atoms with E-state index in [4.69, 9.17) is 10.3 Å². The summed E-state index contributed by atoms with van der Waals surface area (Å²) in [6, 6.07) is 3.52. The summed E-state index contributed by atoms with van der Waals surface area (Å²) in [5, 5.41) is 3.85. The van der Waals surface area contributed by atoms with Gasteiger partial charge in [-0.25, -0.2) is 8.78 Å². The summed E-state index contributed by atoms with van der Waals surface area (Å²) in [5.41, 5.74) is 6.16. The third-order valence-electron chi connectivity index (χ3n) is 4.03. The van der Waals surface area contributed by atoms with Gasteiger partial charge in [-0.2, -0.15) is 4.98 Å². The van der Waals surface area contributed by atoms with Gasteiger partial charge in [-0.05, 0) is 31.0 Å². The number of benzene rings is 1. The molecule has 4 nitrogen and oxygen atoms in total. The molecule has 0 aliphatic heterocycles. The molecule has 1 aliphatic rings. The zero-order chi connectivity index (χ0) is 14.9. The highest BCUT2D eigenvalue weighted by molar-refractivity contribution is 5.54. The molecule has 0 amide bonds. The van der Waals surface area contributed by atoms with Crippen LogP contribution < -0.4 is 5.73 Å². The topological polar surface area (TPSA) is 64.9 Å². The number of hydrogen-bond donors (Lipinski definition) is 1. The molecule has 21 heavy (non-hydrogen) atoms. The van der Waals surface area contributed by atoms with Crippen LogP contribution in [0.5, 0.6) is 0 Å². The van der Waals surface area contributed by atoms with Crippen molar-refractivity contribution < 1.29 is 13.3 Å². The highest BCUT2D eigenvalue weighted by Gasteiger charge is 2.34. The minimum Gasteiger partial charge on any atom is -0.337 e. The van der Waals surface area contributed by atoms with E-state index >= 15 is 0 Å². The van der Waals surface area contributed by atoms with E-state index < -0.39 is 17.2 Å². The van der Waals surface area contributed by atoms with Gasteiger partial charge in [0.05, 0.1) is 5.54 Å². The van der Waals surface area contributed by atoms with Gasteiger partial charge in [-0.1, -0.05) is 30.8 Å². The fraction of sp³-hybridized carbons (Fsp3) is 0.467. The second kappa shape index (κ2) is 5.52. The summed E-state index contributed by atoms with van der Waals surface area (Å²) in [5.74, 6) is -1.22. The summed E-state index contributed by atoms with van der Waals surface area (Å²) in [6.45, 7) is 0. The number of hydrogen-bond acceptors (Lipinski definition) is 4. The van der Waals surface area contributed by atoms with Gasteiger partial charge in [-0.15, -0.1) is 0 Å². The minimum atomic E-state index is -0.934. The largest absolute Gasteiger partial charge is 0.337 e. The molecule has 1 saturated carbocycles. The third kappa shape index (κ3) is 2.81. The fourth-order valence-corrected chi connectivity index (χ4v) is 2.75. The van der Waals surface area contributed by atoms with Gasteiger partial charge in [0.2, 0.25) is 11.7 Å². The second-order valence-electron chi connectivity index (χ2n) is 5.62. The van der Waals surface area contributed by atoms with E-state index in [0.29, 0.717) is 11.5 Å². The van der Waals surface area contributed by atoms with Crippen molar-refractivity contribution >= 4 is 0 Å². The molecule has 1 aromatic carbocycles. The SMILES string of the molecule is NC1(c2nc(-c3ccc(F)c(F)c3)no2)CCCCCC1. The first-order chi connectivity index (χ1) is 10.1. The molecule has 112 valence electrons. The van der Waals surface area contributed by atoms with Crippen LogP contribution in [0.3, 0.4) is 0 Å². The van der Waals surface area contributed by atoms with Gasteiger partial charge >= 0.3 is 0 Å². The molecule has 0 radical (unpaired) electrons. The van der Waals surface area contributed by atoms with Crippen LogP contribution in [-0.4, -0.2) is 10.1 Å². The zero-order valence-corrected chi connectivity index (χ0v) is 11.6. The van der Waals surface area contributed by atoms with E-state index in [9.17, 15) is 8.78 Å². The van der Waals surface area contributed by atoms with Crippen LogP contribution in [0, 0.1) is 11.6 Å². The van der Waals surface area contributed by atoms with Crippen molar-refractivity contribution in [1.29, 1.82) is 0 Å². The second-order valence-corrected chi connectivity index (χ2v) is 5.62. The van der Waals surface area contributed by atoms with Crippen LogP contribution in [0.15, 0.2) is 22.7 Å². The van der Waals surface area contributed by atoms with Gasteiger partial charge in [-0.3, -0.25) is 0 Å². The molecule has 0 unspecified atom stereocenters. The average molecular weight is 293 g/mol. The maximum absolute atomic E-state index is 13.3. The van der Waals surface area contributed by atoms with E-state index in [1.807, 2.05) is 0 Å². The number of nitrogens with two attached hydrogens (primary N) is 1. The number of aromatic nitrogens is 2. The Bertz CT molecular complexity index is 634. The number of halogens is 2. The van der Waals surface area contributed by atoms with E-state index in [1.54, 1.807) is 0 Å². The monoisotopic (exact) mass is 293 g/mol. The van der Waals surface area contributed by atoms with Crippen molar-refractivity contribution in [2.75, 3.05) is 0 Å². The molecule has 0 spiro atoms. The van der Waals surface area contributed by atoms with Crippen molar-refractivity contribution in [2.24, 2.45) is 5.73 Å². The van der Waals surface area contributed by atoms with Gasteiger partial charge in [0.1, 0.15) is 0 Å². The van der Waals surface area contributed by atoms with Crippen molar-refractivity contribution in [3.8, 4) is 11.4 Å². The number of nitrogens with zero attached hydrogens (tertiary/aromatic N) is 2. The normalized spacial score (nSPS) is 18.4. The van der Waals surface area contributed by atoms with Crippen molar-refractivity contribution in [3.05, 3.63) is 35.7 Å². The molecule has 1 heterocycles. The molecular formula is C15H17F2N3O. The smallest absolute Gasteiger partial charge is 0.247 e. The van der Waals surface area contributed by atoms with E-state index in [1.165, 1.54) is 6.07 Å².